The number of nitrogens with one attached hydrogen (secondary N) is 2. The third-order valence-corrected chi connectivity index (χ3v) is 4.63. The molecule has 2 heterocycles. The van der Waals surface area contributed by atoms with Crippen LogP contribution in [0, 0.1) is 19.7 Å². The van der Waals surface area contributed by atoms with Gasteiger partial charge in [0.15, 0.2) is 5.88 Å². The molecular weight excluding hydrogens is 369 g/mol. The lowest BCUT2D eigenvalue weighted by molar-refractivity contribution is 0.457. The van der Waals surface area contributed by atoms with Crippen molar-refractivity contribution in [3.05, 3.63) is 77.1 Å². The first kappa shape index (κ1) is 18.6. The molecule has 0 amide bonds. The van der Waals surface area contributed by atoms with E-state index in [0.717, 1.165) is 28.3 Å². The molecule has 146 valence electrons. The molecule has 0 bridgehead atoms. The topological polar surface area (TPSA) is 86.2 Å². The van der Waals surface area contributed by atoms with Gasteiger partial charge < -0.3 is 15.4 Å². The number of aryl methyl sites for hydroxylation is 2. The number of rotatable bonds is 5. The van der Waals surface area contributed by atoms with Gasteiger partial charge in [-0.1, -0.05) is 0 Å². The Morgan fingerprint density at radius 2 is 2.00 bits per heavy atom. The molecule has 4 aromatic rings. The zero-order chi connectivity index (χ0) is 20.4. The molecule has 4 rings (SSSR count). The predicted octanol–water partition coefficient (Wildman–Crippen LogP) is 4.78. The number of hydrogen-bond acceptors (Lipinski definition) is 5. The number of anilines is 1. The minimum absolute atomic E-state index is 0.0384. The molecule has 0 aliphatic rings. The largest absolute Gasteiger partial charge is 0.494 e. The quantitative estimate of drug-likeness (QED) is 0.429. The zero-order valence-corrected chi connectivity index (χ0v) is 16.1. The van der Waals surface area contributed by atoms with Crippen molar-refractivity contribution in [1.29, 1.82) is 0 Å². The van der Waals surface area contributed by atoms with Gasteiger partial charge in [-0.15, -0.1) is 0 Å². The smallest absolute Gasteiger partial charge is 0.198 e. The normalized spacial score (nSPS) is 11.4. The van der Waals surface area contributed by atoms with Crippen LogP contribution in [-0.2, 0) is 6.54 Å². The van der Waals surface area contributed by atoms with Gasteiger partial charge in [0.2, 0.25) is 0 Å². The Morgan fingerprint density at radius 1 is 1.14 bits per heavy atom. The molecule has 0 aliphatic heterocycles. The van der Waals surface area contributed by atoms with E-state index in [-0.39, 0.29) is 11.7 Å². The van der Waals surface area contributed by atoms with Crippen molar-refractivity contribution in [3.63, 3.8) is 0 Å². The average molecular weight is 389 g/mol. The summed E-state index contributed by atoms with van der Waals surface area (Å²) >= 11 is 0. The third kappa shape index (κ3) is 4.08. The van der Waals surface area contributed by atoms with Crippen LogP contribution in [0.1, 0.15) is 22.5 Å². The van der Waals surface area contributed by atoms with E-state index in [4.69, 9.17) is 0 Å². The van der Waals surface area contributed by atoms with E-state index in [1.54, 1.807) is 18.5 Å². The summed E-state index contributed by atoms with van der Waals surface area (Å²) in [6, 6.07) is 10.1. The molecular formula is C22H20FN5O. The molecule has 3 N–H and O–H groups in total. The van der Waals surface area contributed by atoms with E-state index in [1.165, 1.54) is 18.3 Å². The maximum absolute atomic E-state index is 13.5. The minimum Gasteiger partial charge on any atom is -0.494 e. The van der Waals surface area contributed by atoms with Crippen LogP contribution in [0.15, 0.2) is 53.8 Å². The molecule has 29 heavy (non-hydrogen) atoms. The summed E-state index contributed by atoms with van der Waals surface area (Å²) in [6.45, 7) is 4.46. The highest BCUT2D eigenvalue weighted by Gasteiger charge is 2.10. The molecule has 2 aromatic carbocycles. The number of nitrogens with zero attached hydrogens (tertiary/aromatic N) is 3. The van der Waals surface area contributed by atoms with E-state index in [1.807, 2.05) is 32.0 Å². The van der Waals surface area contributed by atoms with Crippen LogP contribution in [-0.4, -0.2) is 26.3 Å². The molecule has 0 saturated carbocycles. The van der Waals surface area contributed by atoms with Crippen LogP contribution in [0.3, 0.4) is 0 Å². The van der Waals surface area contributed by atoms with Crippen LogP contribution < -0.4 is 5.32 Å². The minimum atomic E-state index is -0.365. The van der Waals surface area contributed by atoms with Crippen LogP contribution in [0.2, 0.25) is 0 Å². The van der Waals surface area contributed by atoms with Crippen molar-refractivity contribution in [2.45, 2.75) is 20.4 Å². The number of fused-ring (bicyclic) bond motifs is 1. The Morgan fingerprint density at radius 3 is 2.76 bits per heavy atom. The fraction of sp³-hybridized carbons (Fsp3) is 0.136. The van der Waals surface area contributed by atoms with Crippen LogP contribution >= 0.6 is 0 Å². The van der Waals surface area contributed by atoms with Crippen LogP contribution in [0.25, 0.3) is 10.9 Å². The summed E-state index contributed by atoms with van der Waals surface area (Å²) in [5.41, 5.74) is 5.58. The number of aromatic nitrogens is 3. The maximum Gasteiger partial charge on any atom is 0.198 e. The highest BCUT2D eigenvalue weighted by Crippen LogP contribution is 2.28. The van der Waals surface area contributed by atoms with Gasteiger partial charge in [0.25, 0.3) is 0 Å². The van der Waals surface area contributed by atoms with Crippen LogP contribution in [0.4, 0.5) is 15.8 Å². The van der Waals surface area contributed by atoms with Gasteiger partial charge in [0.1, 0.15) is 5.82 Å². The SMILES string of the molecule is Cc1cnc(CNc2ccc(N=Cc3c(O)[nH]c4ccc(F)cc34)cc2C)cn1. The van der Waals surface area contributed by atoms with Gasteiger partial charge in [-0.05, 0) is 55.8 Å². The van der Waals surface area contributed by atoms with E-state index in [9.17, 15) is 9.50 Å². The molecule has 0 unspecified atom stereocenters. The summed E-state index contributed by atoms with van der Waals surface area (Å²) in [5.74, 6) is -0.403. The molecule has 0 spiro atoms. The molecule has 7 heteroatoms. The lowest BCUT2D eigenvalue weighted by Crippen LogP contribution is -2.03. The summed E-state index contributed by atoms with van der Waals surface area (Å²) in [4.78, 5) is 15.8. The molecule has 2 aromatic heterocycles. The Balaban J connectivity index is 1.51. The van der Waals surface area contributed by atoms with Crippen molar-refractivity contribution in [1.82, 2.24) is 15.0 Å². The van der Waals surface area contributed by atoms with Gasteiger partial charge in [-0.25, -0.2) is 4.39 Å². The van der Waals surface area contributed by atoms with Crippen molar-refractivity contribution < 1.29 is 9.50 Å². The van der Waals surface area contributed by atoms with Gasteiger partial charge in [0.05, 0.1) is 35.4 Å². The number of aromatic amines is 1. The molecule has 0 aliphatic carbocycles. The monoisotopic (exact) mass is 389 g/mol. The van der Waals surface area contributed by atoms with E-state index < -0.39 is 0 Å². The van der Waals surface area contributed by atoms with Gasteiger partial charge in [-0.3, -0.25) is 15.0 Å². The number of aliphatic imine (C=N–C) groups is 1. The molecule has 0 radical (unpaired) electrons. The molecule has 6 nitrogen and oxygen atoms in total. The zero-order valence-electron chi connectivity index (χ0n) is 16.1. The van der Waals surface area contributed by atoms with Crippen molar-refractivity contribution in [3.8, 4) is 5.88 Å². The molecule has 0 saturated heterocycles. The summed E-state index contributed by atoms with van der Waals surface area (Å²) < 4.78 is 13.5. The predicted molar refractivity (Wildman–Crippen MR) is 112 cm³/mol. The fourth-order valence-electron chi connectivity index (χ4n) is 3.06. The van der Waals surface area contributed by atoms with E-state index in [0.29, 0.717) is 23.0 Å². The second-order valence-corrected chi connectivity index (χ2v) is 6.84. The lowest BCUT2D eigenvalue weighted by Gasteiger charge is -2.09. The average Bonchev–Trinajstić information content (AvgIpc) is 3.01. The highest BCUT2D eigenvalue weighted by atomic mass is 19.1. The second kappa shape index (κ2) is 7.71. The lowest BCUT2D eigenvalue weighted by atomic mass is 10.1. The first-order chi connectivity index (χ1) is 14.0. The maximum atomic E-state index is 13.5. The van der Waals surface area contributed by atoms with Gasteiger partial charge in [0, 0.05) is 29.0 Å². The fourth-order valence-corrected chi connectivity index (χ4v) is 3.06. The van der Waals surface area contributed by atoms with Gasteiger partial charge >= 0.3 is 0 Å². The number of benzene rings is 2. The van der Waals surface area contributed by atoms with E-state index in [2.05, 4.69) is 25.3 Å². The number of halogens is 1. The second-order valence-electron chi connectivity index (χ2n) is 6.84. The Labute approximate surface area is 167 Å². The third-order valence-electron chi connectivity index (χ3n) is 4.63. The number of hydrogen-bond donors (Lipinski definition) is 3. The Kier molecular flexibility index (Phi) is 4.95. The number of aromatic hydroxyl groups is 1. The van der Waals surface area contributed by atoms with Crippen molar-refractivity contribution in [2.24, 2.45) is 4.99 Å². The first-order valence-corrected chi connectivity index (χ1v) is 9.16. The first-order valence-electron chi connectivity index (χ1n) is 9.16. The highest BCUT2D eigenvalue weighted by molar-refractivity contribution is 6.02. The van der Waals surface area contributed by atoms with Crippen molar-refractivity contribution in [2.75, 3.05) is 5.32 Å². The van der Waals surface area contributed by atoms with E-state index >= 15 is 0 Å². The number of H-pyrrole nitrogens is 1. The van der Waals surface area contributed by atoms with Crippen LogP contribution in [0.5, 0.6) is 5.88 Å². The summed E-state index contributed by atoms with van der Waals surface area (Å²) in [7, 11) is 0. The van der Waals surface area contributed by atoms with Crippen molar-refractivity contribution >= 4 is 28.5 Å². The Hall–Kier alpha value is -3.74. The summed E-state index contributed by atoms with van der Waals surface area (Å²) in [6.07, 6.45) is 5.04. The summed E-state index contributed by atoms with van der Waals surface area (Å²) in [5, 5.41) is 14.0. The standard InChI is InChI=1S/C22H20FN5O/c1-13-7-16(4-6-20(13)27-11-17-10-24-14(2)9-25-17)26-12-19-18-8-15(23)3-5-21(18)28-22(19)29/h3-10,12,27-29H,11H2,1-2H3. The molecule has 0 fully saturated rings. The van der Waals surface area contributed by atoms with Gasteiger partial charge in [-0.2, -0.15) is 0 Å². The molecule has 0 atom stereocenters. The Bertz CT molecular complexity index is 1200.